The maximum atomic E-state index is 14.6. The Bertz CT molecular complexity index is 1970. The van der Waals surface area contributed by atoms with Crippen molar-refractivity contribution in [2.24, 2.45) is 0 Å². The molecule has 2 amide bonds. The van der Waals surface area contributed by atoms with E-state index in [2.05, 4.69) is 0 Å². The number of hydrogen-bond donors (Lipinski definition) is 0. The van der Waals surface area contributed by atoms with E-state index < -0.39 is 0 Å². The summed E-state index contributed by atoms with van der Waals surface area (Å²) in [5.41, 5.74) is 8.24. The first-order valence-electron chi connectivity index (χ1n) is 14.7. The molecule has 4 aromatic rings. The molecule has 0 saturated carbocycles. The number of ether oxygens (including phenoxy) is 4. The summed E-state index contributed by atoms with van der Waals surface area (Å²) in [5.74, 6) is 1.50. The smallest absolute Gasteiger partial charge is 0.265 e. The Labute approximate surface area is 265 Å². The SMILES string of the molecule is COc1cc2c(cc1OC)C1=C3C(=O)N4C=C(c5ccccc5)c5cc(OC)c(OC)cc5C4=C3C(=O)N1C=C2c1ccccc1. The van der Waals surface area contributed by atoms with Gasteiger partial charge in [0.2, 0.25) is 0 Å². The fourth-order valence-corrected chi connectivity index (χ4v) is 6.80. The highest BCUT2D eigenvalue weighted by atomic mass is 16.5. The second-order valence-electron chi connectivity index (χ2n) is 11.1. The van der Waals surface area contributed by atoms with Gasteiger partial charge in [-0.1, -0.05) is 60.7 Å². The average molecular weight is 609 g/mol. The number of hydrogen-bond acceptors (Lipinski definition) is 6. The van der Waals surface area contributed by atoms with Crippen molar-refractivity contribution in [2.45, 2.75) is 0 Å². The van der Waals surface area contributed by atoms with E-state index in [-0.39, 0.29) is 11.8 Å². The molecule has 8 heteroatoms. The highest BCUT2D eigenvalue weighted by Gasteiger charge is 2.51. The van der Waals surface area contributed by atoms with E-state index in [0.29, 0.717) is 56.7 Å². The molecular weight excluding hydrogens is 580 g/mol. The van der Waals surface area contributed by atoms with Crippen LogP contribution in [-0.2, 0) is 9.59 Å². The van der Waals surface area contributed by atoms with Crippen molar-refractivity contribution in [2.75, 3.05) is 28.4 Å². The van der Waals surface area contributed by atoms with Gasteiger partial charge in [-0.2, -0.15) is 0 Å². The van der Waals surface area contributed by atoms with Gasteiger partial charge in [0.1, 0.15) is 0 Å². The predicted molar refractivity (Wildman–Crippen MR) is 174 cm³/mol. The Kier molecular flexibility index (Phi) is 6.15. The van der Waals surface area contributed by atoms with Crippen LogP contribution in [0.3, 0.4) is 0 Å². The molecule has 0 atom stereocenters. The van der Waals surface area contributed by atoms with Crippen molar-refractivity contribution in [1.82, 2.24) is 9.80 Å². The topological polar surface area (TPSA) is 77.5 Å². The molecule has 46 heavy (non-hydrogen) atoms. The Balaban J connectivity index is 1.43. The Hall–Kier alpha value is -6.02. The van der Waals surface area contributed by atoms with E-state index in [0.717, 1.165) is 33.4 Å². The van der Waals surface area contributed by atoms with Gasteiger partial charge < -0.3 is 18.9 Å². The van der Waals surface area contributed by atoms with Crippen molar-refractivity contribution >= 4 is 34.4 Å². The zero-order valence-electron chi connectivity index (χ0n) is 25.6. The monoisotopic (exact) mass is 608 g/mol. The first-order chi connectivity index (χ1) is 22.5. The molecule has 4 aliphatic heterocycles. The number of benzene rings is 4. The molecule has 4 aromatic carbocycles. The van der Waals surface area contributed by atoms with Crippen LogP contribution in [0.2, 0.25) is 0 Å². The Morgan fingerprint density at radius 1 is 0.457 bits per heavy atom. The van der Waals surface area contributed by atoms with E-state index >= 15 is 0 Å². The fraction of sp³-hybridized carbons (Fsp3) is 0.105. The summed E-state index contributed by atoms with van der Waals surface area (Å²) in [7, 11) is 6.31. The molecule has 0 N–H and O–H groups in total. The molecule has 8 rings (SSSR count). The van der Waals surface area contributed by atoms with Gasteiger partial charge in [0, 0.05) is 34.7 Å². The van der Waals surface area contributed by atoms with Gasteiger partial charge in [-0.25, -0.2) is 0 Å². The number of rotatable bonds is 6. The summed E-state index contributed by atoms with van der Waals surface area (Å²) in [6.45, 7) is 0. The molecular formula is C38H28N2O6. The summed E-state index contributed by atoms with van der Waals surface area (Å²) >= 11 is 0. The van der Waals surface area contributed by atoms with E-state index in [4.69, 9.17) is 18.9 Å². The third kappa shape index (κ3) is 3.73. The average Bonchev–Trinajstić information content (AvgIpc) is 3.57. The second-order valence-corrected chi connectivity index (χ2v) is 11.1. The van der Waals surface area contributed by atoms with Crippen LogP contribution < -0.4 is 18.9 Å². The summed E-state index contributed by atoms with van der Waals surface area (Å²) in [5, 5.41) is 0. The van der Waals surface area contributed by atoms with Crippen LogP contribution in [0.25, 0.3) is 22.5 Å². The van der Waals surface area contributed by atoms with E-state index in [9.17, 15) is 9.59 Å². The molecule has 0 aromatic heterocycles. The number of carbonyl (C=O) groups is 2. The third-order valence-electron chi connectivity index (χ3n) is 8.89. The van der Waals surface area contributed by atoms with Gasteiger partial charge in [-0.15, -0.1) is 0 Å². The normalized spacial score (nSPS) is 15.9. The summed E-state index contributed by atoms with van der Waals surface area (Å²) in [6, 6.07) is 27.2. The number of nitrogens with zero attached hydrogens (tertiary/aromatic N) is 2. The van der Waals surface area contributed by atoms with Crippen molar-refractivity contribution in [1.29, 1.82) is 0 Å². The minimum absolute atomic E-state index is 0.290. The molecule has 0 radical (unpaired) electrons. The quantitative estimate of drug-likeness (QED) is 0.255. The molecule has 8 nitrogen and oxygen atoms in total. The van der Waals surface area contributed by atoms with Gasteiger partial charge in [-0.05, 0) is 46.5 Å². The number of carbonyl (C=O) groups excluding carboxylic acids is 2. The minimum Gasteiger partial charge on any atom is -0.493 e. The summed E-state index contributed by atoms with van der Waals surface area (Å²) in [6.07, 6.45) is 3.64. The first-order valence-corrected chi connectivity index (χ1v) is 14.7. The van der Waals surface area contributed by atoms with Crippen LogP contribution in [0.15, 0.2) is 108 Å². The van der Waals surface area contributed by atoms with Gasteiger partial charge in [0.25, 0.3) is 11.8 Å². The Morgan fingerprint density at radius 3 is 1.11 bits per heavy atom. The lowest BCUT2D eigenvalue weighted by atomic mass is 9.88. The van der Waals surface area contributed by atoms with E-state index in [1.54, 1.807) is 38.2 Å². The lowest BCUT2D eigenvalue weighted by molar-refractivity contribution is -0.122. The molecule has 0 bridgehead atoms. The van der Waals surface area contributed by atoms with Crippen molar-refractivity contribution < 1.29 is 28.5 Å². The van der Waals surface area contributed by atoms with Crippen LogP contribution in [0.4, 0.5) is 0 Å². The highest BCUT2D eigenvalue weighted by Crippen LogP contribution is 2.55. The van der Waals surface area contributed by atoms with Crippen LogP contribution in [0, 0.1) is 0 Å². The maximum Gasteiger partial charge on any atom is 0.265 e. The molecule has 0 saturated heterocycles. The lowest BCUT2D eigenvalue weighted by Crippen LogP contribution is -2.28. The second kappa shape index (κ2) is 10.3. The maximum absolute atomic E-state index is 14.6. The molecule has 0 aliphatic carbocycles. The number of methoxy groups -OCH3 is 4. The zero-order chi connectivity index (χ0) is 31.7. The molecule has 4 heterocycles. The molecule has 226 valence electrons. The number of fused-ring (bicyclic) bond motifs is 7. The van der Waals surface area contributed by atoms with Gasteiger partial charge >= 0.3 is 0 Å². The summed E-state index contributed by atoms with van der Waals surface area (Å²) < 4.78 is 22.7. The first kappa shape index (κ1) is 27.5. The van der Waals surface area contributed by atoms with Gasteiger partial charge in [0.05, 0.1) is 51.0 Å². The van der Waals surface area contributed by atoms with Crippen LogP contribution in [0.1, 0.15) is 33.4 Å². The van der Waals surface area contributed by atoms with Gasteiger partial charge in [-0.3, -0.25) is 19.4 Å². The standard InChI is InChI=1S/C38H28N2O6/c1-43-29-15-23-25(17-31(29)45-3)35-33-34(38(42)39(35)19-27(23)21-11-7-5-8-12-21)36-26-18-32(46-4)30(44-2)16-24(26)28(20-40(36)37(33)41)22-13-9-6-10-14-22/h5-20H,1-4H3. The largest absolute Gasteiger partial charge is 0.493 e. The van der Waals surface area contributed by atoms with Crippen LogP contribution >= 0.6 is 0 Å². The summed E-state index contributed by atoms with van der Waals surface area (Å²) in [4.78, 5) is 32.4. The Morgan fingerprint density at radius 2 is 0.783 bits per heavy atom. The van der Waals surface area contributed by atoms with E-state index in [1.807, 2.05) is 97.3 Å². The predicted octanol–water partition coefficient (Wildman–Crippen LogP) is 6.33. The van der Waals surface area contributed by atoms with Crippen molar-refractivity contribution in [3.63, 3.8) is 0 Å². The zero-order valence-corrected chi connectivity index (χ0v) is 25.6. The van der Waals surface area contributed by atoms with Crippen molar-refractivity contribution in [3.8, 4) is 23.0 Å². The van der Waals surface area contributed by atoms with E-state index in [1.165, 1.54) is 0 Å². The lowest BCUT2D eigenvalue weighted by Gasteiger charge is -2.31. The third-order valence-corrected chi connectivity index (χ3v) is 8.89. The molecule has 0 spiro atoms. The van der Waals surface area contributed by atoms with Crippen LogP contribution in [0.5, 0.6) is 23.0 Å². The number of amides is 2. The molecule has 0 unspecified atom stereocenters. The van der Waals surface area contributed by atoms with Crippen molar-refractivity contribution in [3.05, 3.63) is 142 Å². The highest BCUT2D eigenvalue weighted by molar-refractivity contribution is 6.32. The van der Waals surface area contributed by atoms with Crippen LogP contribution in [-0.4, -0.2) is 50.1 Å². The fourth-order valence-electron chi connectivity index (χ4n) is 6.80. The minimum atomic E-state index is -0.290. The van der Waals surface area contributed by atoms with Gasteiger partial charge in [0.15, 0.2) is 23.0 Å². The molecule has 4 aliphatic rings. The molecule has 0 fully saturated rings.